The zero-order valence-corrected chi connectivity index (χ0v) is 26.7. The molecule has 1 saturated heterocycles. The third kappa shape index (κ3) is 3.91. The lowest BCUT2D eigenvalue weighted by atomic mass is 9.33. The van der Waals surface area contributed by atoms with E-state index < -0.39 is 0 Å². The molecule has 6 aliphatic rings. The van der Waals surface area contributed by atoms with Gasteiger partial charge in [-0.05, 0) is 109 Å². The van der Waals surface area contributed by atoms with E-state index in [2.05, 4.69) is 64.8 Å². The van der Waals surface area contributed by atoms with Crippen LogP contribution in [0.2, 0.25) is 0 Å². The molecule has 2 N–H and O–H groups in total. The fraction of sp³-hybridized carbons (Fsp3) is 0.914. The Morgan fingerprint density at radius 1 is 0.950 bits per heavy atom. The summed E-state index contributed by atoms with van der Waals surface area (Å²) in [7, 11) is 0. The zero-order valence-electron chi connectivity index (χ0n) is 26.7. The molecule has 5 heteroatoms. The number of aliphatic hydroxyl groups excluding tert-OH is 1. The Hall–Kier alpha value is -0.910. The smallest absolute Gasteiger partial charge is 0.229 e. The largest absolute Gasteiger partial charge is 0.381 e. The summed E-state index contributed by atoms with van der Waals surface area (Å²) in [5.74, 6) is 2.14. The van der Waals surface area contributed by atoms with Crippen molar-refractivity contribution in [2.75, 3.05) is 33.0 Å². The molecule has 4 saturated carbocycles. The predicted molar refractivity (Wildman–Crippen MR) is 160 cm³/mol. The van der Waals surface area contributed by atoms with Gasteiger partial charge in [0.2, 0.25) is 5.91 Å². The third-order valence-electron chi connectivity index (χ3n) is 14.7. The normalized spacial score (nSPS) is 47.7. The first kappa shape index (κ1) is 29.2. The van der Waals surface area contributed by atoms with Gasteiger partial charge < -0.3 is 14.7 Å². The molecule has 226 valence electrons. The Morgan fingerprint density at radius 3 is 2.35 bits per heavy atom. The van der Waals surface area contributed by atoms with Crippen LogP contribution in [0, 0.1) is 50.2 Å². The summed E-state index contributed by atoms with van der Waals surface area (Å²) < 4.78 is 5.64. The second-order valence-corrected chi connectivity index (χ2v) is 17.1. The highest BCUT2D eigenvalue weighted by molar-refractivity contribution is 5.84. The highest BCUT2D eigenvalue weighted by Crippen LogP contribution is 2.75. The molecule has 1 amide bonds. The summed E-state index contributed by atoms with van der Waals surface area (Å²) in [6.07, 6.45) is 14.4. The number of hydrogen-bond acceptors (Lipinski definition) is 4. The summed E-state index contributed by atoms with van der Waals surface area (Å²) in [6.45, 7) is 20.7. The van der Waals surface area contributed by atoms with Crippen LogP contribution in [-0.4, -0.2) is 55.0 Å². The number of hydrogen-bond donors (Lipinski definition) is 2. The SMILES string of the molecule is CC1(C)CC[C@]2(C(=O)N3CCOCC3)CC[C@]3(C)C(=CC[C@@H]4[C@@]5(C)CC[C@H](NCO)C(C)(C)[C@@H]5CC[C@]43C)[C@H]2C1. The second kappa shape index (κ2) is 9.55. The van der Waals surface area contributed by atoms with Crippen molar-refractivity contribution in [3.05, 3.63) is 11.6 Å². The number of ether oxygens (including phenoxy) is 1. The highest BCUT2D eigenvalue weighted by Gasteiger charge is 2.69. The van der Waals surface area contributed by atoms with Crippen molar-refractivity contribution >= 4 is 5.91 Å². The molecule has 1 heterocycles. The van der Waals surface area contributed by atoms with Crippen molar-refractivity contribution in [1.82, 2.24) is 10.2 Å². The molecule has 1 aliphatic heterocycles. The van der Waals surface area contributed by atoms with E-state index in [1.807, 2.05) is 0 Å². The van der Waals surface area contributed by atoms with Crippen molar-refractivity contribution < 1.29 is 14.6 Å². The number of amides is 1. The summed E-state index contributed by atoms with van der Waals surface area (Å²) in [4.78, 5) is 16.6. The first-order valence-corrected chi connectivity index (χ1v) is 16.7. The summed E-state index contributed by atoms with van der Waals surface area (Å²) in [5, 5.41) is 13.2. The number of rotatable bonds is 3. The Kier molecular flexibility index (Phi) is 6.96. The van der Waals surface area contributed by atoms with E-state index in [9.17, 15) is 9.90 Å². The molecule has 0 aromatic carbocycles. The van der Waals surface area contributed by atoms with Gasteiger partial charge in [0.25, 0.3) is 0 Å². The number of fused-ring (bicyclic) bond motifs is 7. The molecular formula is C35H58N2O3. The lowest BCUT2D eigenvalue weighted by Crippen LogP contribution is -2.66. The molecule has 40 heavy (non-hydrogen) atoms. The van der Waals surface area contributed by atoms with Gasteiger partial charge in [-0.1, -0.05) is 60.1 Å². The number of aliphatic hydroxyl groups is 1. The lowest BCUT2D eigenvalue weighted by Gasteiger charge is -2.71. The van der Waals surface area contributed by atoms with Crippen molar-refractivity contribution in [2.45, 2.75) is 119 Å². The van der Waals surface area contributed by atoms with Crippen molar-refractivity contribution in [3.8, 4) is 0 Å². The standard InChI is InChI=1S/C35H58N2O3/c1-30(2)14-16-35(29(39)37-18-20-40-21-19-37)17-15-33(6)24(25(35)22-30)8-9-27-32(5)12-11-28(36-23-38)31(3,4)26(32)10-13-34(27,33)7/h8,25-28,36,38H,9-23H2,1-7H3/t25-,26+,27-,28+,32+,33-,34-,35+/m1/s1. The van der Waals surface area contributed by atoms with Crippen LogP contribution in [0.25, 0.3) is 0 Å². The van der Waals surface area contributed by atoms with Crippen molar-refractivity contribution in [1.29, 1.82) is 0 Å². The van der Waals surface area contributed by atoms with Crippen LogP contribution in [0.15, 0.2) is 11.6 Å². The van der Waals surface area contributed by atoms with Crippen LogP contribution in [0.3, 0.4) is 0 Å². The van der Waals surface area contributed by atoms with Gasteiger partial charge in [-0.15, -0.1) is 0 Å². The Balaban J connectivity index is 1.38. The molecule has 8 atom stereocenters. The number of morpholine rings is 1. The molecule has 0 aromatic rings. The van der Waals surface area contributed by atoms with Gasteiger partial charge in [-0.2, -0.15) is 0 Å². The van der Waals surface area contributed by atoms with Crippen LogP contribution < -0.4 is 5.32 Å². The Morgan fingerprint density at radius 2 is 1.65 bits per heavy atom. The molecule has 0 spiro atoms. The maximum absolute atomic E-state index is 14.5. The van der Waals surface area contributed by atoms with Gasteiger partial charge in [0.05, 0.1) is 25.4 Å². The molecule has 0 radical (unpaired) electrons. The maximum atomic E-state index is 14.5. The van der Waals surface area contributed by atoms with Crippen molar-refractivity contribution in [2.24, 2.45) is 50.2 Å². The van der Waals surface area contributed by atoms with Gasteiger partial charge >= 0.3 is 0 Å². The molecule has 0 aromatic heterocycles. The second-order valence-electron chi connectivity index (χ2n) is 17.1. The van der Waals surface area contributed by atoms with E-state index in [4.69, 9.17) is 4.74 Å². The Labute approximate surface area is 244 Å². The van der Waals surface area contributed by atoms with E-state index in [1.165, 1.54) is 25.7 Å². The number of nitrogens with one attached hydrogen (secondary N) is 1. The number of carbonyl (C=O) groups excluding carboxylic acids is 1. The van der Waals surface area contributed by atoms with E-state index in [0.717, 1.165) is 51.6 Å². The zero-order chi connectivity index (χ0) is 28.8. The molecule has 6 rings (SSSR count). The summed E-state index contributed by atoms with van der Waals surface area (Å²) in [6, 6.07) is 0.385. The maximum Gasteiger partial charge on any atom is 0.229 e. The van der Waals surface area contributed by atoms with Gasteiger partial charge in [0.15, 0.2) is 0 Å². The van der Waals surface area contributed by atoms with Crippen LogP contribution >= 0.6 is 0 Å². The fourth-order valence-corrected chi connectivity index (χ4v) is 12.2. The average Bonchev–Trinajstić information content (AvgIpc) is 2.90. The minimum Gasteiger partial charge on any atom is -0.381 e. The third-order valence-corrected chi connectivity index (χ3v) is 14.7. The summed E-state index contributed by atoms with van der Waals surface area (Å²) >= 11 is 0. The van der Waals surface area contributed by atoms with E-state index >= 15 is 0 Å². The van der Waals surface area contributed by atoms with Crippen LogP contribution in [-0.2, 0) is 9.53 Å². The number of carbonyl (C=O) groups is 1. The number of allylic oxidation sites excluding steroid dienone is 2. The number of nitrogens with zero attached hydrogens (tertiary/aromatic N) is 1. The molecule has 5 fully saturated rings. The van der Waals surface area contributed by atoms with Crippen LogP contribution in [0.4, 0.5) is 0 Å². The molecular weight excluding hydrogens is 496 g/mol. The van der Waals surface area contributed by atoms with E-state index in [-0.39, 0.29) is 33.8 Å². The lowest BCUT2D eigenvalue weighted by molar-refractivity contribution is -0.191. The molecule has 5 nitrogen and oxygen atoms in total. The van der Waals surface area contributed by atoms with E-state index in [0.29, 0.717) is 48.3 Å². The first-order chi connectivity index (χ1) is 18.8. The van der Waals surface area contributed by atoms with Gasteiger partial charge in [-0.3, -0.25) is 10.1 Å². The summed E-state index contributed by atoms with van der Waals surface area (Å²) in [5.41, 5.74) is 2.61. The first-order valence-electron chi connectivity index (χ1n) is 16.7. The predicted octanol–water partition coefficient (Wildman–Crippen LogP) is 6.55. The Bertz CT molecular complexity index is 1050. The fourth-order valence-electron chi connectivity index (χ4n) is 12.2. The molecule has 0 unspecified atom stereocenters. The van der Waals surface area contributed by atoms with E-state index in [1.54, 1.807) is 5.57 Å². The monoisotopic (exact) mass is 554 g/mol. The molecule has 0 bridgehead atoms. The minimum absolute atomic E-state index is 0.0749. The van der Waals surface area contributed by atoms with Crippen LogP contribution in [0.1, 0.15) is 113 Å². The van der Waals surface area contributed by atoms with Gasteiger partial charge in [0, 0.05) is 19.1 Å². The van der Waals surface area contributed by atoms with Gasteiger partial charge in [0.1, 0.15) is 0 Å². The quantitative estimate of drug-likeness (QED) is 0.307. The highest BCUT2D eigenvalue weighted by atomic mass is 16.5. The minimum atomic E-state index is -0.224. The van der Waals surface area contributed by atoms with Gasteiger partial charge in [-0.25, -0.2) is 0 Å². The molecule has 5 aliphatic carbocycles. The van der Waals surface area contributed by atoms with Crippen LogP contribution in [0.5, 0.6) is 0 Å². The van der Waals surface area contributed by atoms with Crippen molar-refractivity contribution in [3.63, 3.8) is 0 Å². The topological polar surface area (TPSA) is 61.8 Å². The average molecular weight is 555 g/mol.